The van der Waals surface area contributed by atoms with Gasteiger partial charge < -0.3 is 5.32 Å². The van der Waals surface area contributed by atoms with Crippen molar-refractivity contribution >= 4 is 28.5 Å². The van der Waals surface area contributed by atoms with Crippen LogP contribution in [0, 0.1) is 0 Å². The summed E-state index contributed by atoms with van der Waals surface area (Å²) in [5.41, 5.74) is -2.02. The first-order valence-corrected chi connectivity index (χ1v) is 8.21. The smallest absolute Gasteiger partial charge is 0.350 e. The topological polar surface area (TPSA) is 64.0 Å². The summed E-state index contributed by atoms with van der Waals surface area (Å²) >= 11 is 5.78. The molecular weight excluding hydrogens is 383 g/mol. The summed E-state index contributed by atoms with van der Waals surface area (Å²) in [7, 11) is 0. The van der Waals surface area contributed by atoms with E-state index in [1.807, 2.05) is 0 Å². The van der Waals surface area contributed by atoms with Crippen LogP contribution < -0.4 is 10.9 Å². The summed E-state index contributed by atoms with van der Waals surface area (Å²) in [6, 6.07) is 12.6. The maximum absolute atomic E-state index is 13.1. The Kier molecular flexibility index (Phi) is 5.18. The number of carbonyl (C=O) groups excluding carboxylic acids is 1. The van der Waals surface area contributed by atoms with Crippen LogP contribution in [0.25, 0.3) is 11.0 Å². The van der Waals surface area contributed by atoms with Gasteiger partial charge in [-0.05, 0) is 29.8 Å². The lowest BCUT2D eigenvalue weighted by molar-refractivity contribution is -0.142. The number of benzene rings is 2. The van der Waals surface area contributed by atoms with E-state index in [-0.39, 0.29) is 17.6 Å². The second kappa shape index (κ2) is 7.40. The van der Waals surface area contributed by atoms with E-state index in [4.69, 9.17) is 11.6 Å². The van der Waals surface area contributed by atoms with Gasteiger partial charge in [0.05, 0.1) is 11.0 Å². The van der Waals surface area contributed by atoms with E-state index in [0.29, 0.717) is 5.02 Å². The third-order valence-corrected chi connectivity index (χ3v) is 4.08. The first kappa shape index (κ1) is 18.9. The maximum Gasteiger partial charge on any atom is 0.438 e. The quantitative estimate of drug-likeness (QED) is 0.736. The number of fused-ring (bicyclic) bond motifs is 1. The molecule has 0 atom stereocenters. The minimum atomic E-state index is -4.91. The number of hydrogen-bond acceptors (Lipinski definition) is 3. The minimum Gasteiger partial charge on any atom is -0.350 e. The van der Waals surface area contributed by atoms with Crippen molar-refractivity contribution in [3.8, 4) is 0 Å². The number of halogens is 4. The first-order chi connectivity index (χ1) is 12.8. The van der Waals surface area contributed by atoms with Gasteiger partial charge in [-0.2, -0.15) is 13.2 Å². The van der Waals surface area contributed by atoms with Crippen molar-refractivity contribution in [3.63, 3.8) is 0 Å². The van der Waals surface area contributed by atoms with E-state index in [9.17, 15) is 22.8 Å². The summed E-state index contributed by atoms with van der Waals surface area (Å²) in [4.78, 5) is 27.9. The molecule has 0 radical (unpaired) electrons. The Hall–Kier alpha value is -2.87. The van der Waals surface area contributed by atoms with Crippen molar-refractivity contribution in [3.05, 3.63) is 75.2 Å². The summed E-state index contributed by atoms with van der Waals surface area (Å²) in [6.45, 7) is -0.404. The molecular formula is C18H13ClF3N3O2. The summed E-state index contributed by atoms with van der Waals surface area (Å²) in [5, 5.41) is 3.11. The van der Waals surface area contributed by atoms with Crippen molar-refractivity contribution in [1.29, 1.82) is 0 Å². The molecule has 1 N–H and O–H groups in total. The lowest BCUT2D eigenvalue weighted by atomic mass is 10.2. The molecule has 0 saturated heterocycles. The molecule has 3 aromatic rings. The normalized spacial score (nSPS) is 11.6. The van der Waals surface area contributed by atoms with Gasteiger partial charge in [-0.3, -0.25) is 14.2 Å². The molecule has 27 heavy (non-hydrogen) atoms. The van der Waals surface area contributed by atoms with Crippen LogP contribution in [-0.2, 0) is 24.1 Å². The third kappa shape index (κ3) is 4.28. The molecule has 0 aliphatic heterocycles. The monoisotopic (exact) mass is 395 g/mol. The SMILES string of the molecule is O=C(Cn1c(=O)c(C(F)(F)F)nc2ccccc21)NCc1ccc(Cl)cc1. The summed E-state index contributed by atoms with van der Waals surface area (Å²) < 4.78 is 40.1. The van der Waals surface area contributed by atoms with Crippen LogP contribution in [0.2, 0.25) is 5.02 Å². The summed E-state index contributed by atoms with van der Waals surface area (Å²) in [5.74, 6) is -0.600. The van der Waals surface area contributed by atoms with Crippen molar-refractivity contribution in [2.75, 3.05) is 0 Å². The zero-order chi connectivity index (χ0) is 19.6. The Bertz CT molecular complexity index is 1050. The van der Waals surface area contributed by atoms with Crippen molar-refractivity contribution in [2.24, 2.45) is 0 Å². The standard InChI is InChI=1S/C18H13ClF3N3O2/c19-12-7-5-11(6-8-12)9-23-15(26)10-25-14-4-2-1-3-13(14)24-16(17(25)27)18(20,21)22/h1-8H,9-10H2,(H,23,26). The van der Waals surface area contributed by atoms with Crippen molar-refractivity contribution < 1.29 is 18.0 Å². The Labute approximate surface area is 156 Å². The van der Waals surface area contributed by atoms with Gasteiger partial charge in [0.15, 0.2) is 0 Å². The van der Waals surface area contributed by atoms with Crippen molar-refractivity contribution in [1.82, 2.24) is 14.9 Å². The van der Waals surface area contributed by atoms with Gasteiger partial charge in [0.25, 0.3) is 5.56 Å². The Morgan fingerprint density at radius 2 is 1.78 bits per heavy atom. The number of rotatable bonds is 4. The molecule has 1 aromatic heterocycles. The number of nitrogens with one attached hydrogen (secondary N) is 1. The molecule has 0 saturated carbocycles. The van der Waals surface area contributed by atoms with Crippen LogP contribution in [0.1, 0.15) is 11.3 Å². The molecule has 0 spiro atoms. The first-order valence-electron chi connectivity index (χ1n) is 7.83. The molecule has 3 rings (SSSR count). The van der Waals surface area contributed by atoms with Crippen LogP contribution in [-0.4, -0.2) is 15.5 Å². The molecule has 0 fully saturated rings. The molecule has 0 aliphatic carbocycles. The predicted octanol–water partition coefficient (Wildman–Crippen LogP) is 3.39. The number of aromatic nitrogens is 2. The molecule has 5 nitrogen and oxygen atoms in total. The van der Waals surface area contributed by atoms with Crippen LogP contribution >= 0.6 is 11.6 Å². The number of carbonyl (C=O) groups is 1. The lowest BCUT2D eigenvalue weighted by Gasteiger charge is -2.13. The lowest BCUT2D eigenvalue weighted by Crippen LogP contribution is -2.36. The second-order valence-electron chi connectivity index (χ2n) is 5.74. The number of alkyl halides is 3. The van der Waals surface area contributed by atoms with Gasteiger partial charge >= 0.3 is 6.18 Å². The second-order valence-corrected chi connectivity index (χ2v) is 6.18. The van der Waals surface area contributed by atoms with E-state index in [0.717, 1.165) is 10.1 Å². The Balaban J connectivity index is 1.89. The molecule has 0 bridgehead atoms. The van der Waals surface area contributed by atoms with Gasteiger partial charge in [0.2, 0.25) is 11.6 Å². The number of amides is 1. The van der Waals surface area contributed by atoms with Crippen LogP contribution in [0.15, 0.2) is 53.3 Å². The van der Waals surface area contributed by atoms with E-state index < -0.39 is 29.9 Å². The van der Waals surface area contributed by atoms with Gasteiger partial charge in [0, 0.05) is 11.6 Å². The zero-order valence-corrected chi connectivity index (χ0v) is 14.5. The van der Waals surface area contributed by atoms with E-state index in [1.165, 1.54) is 18.2 Å². The average molecular weight is 396 g/mol. The van der Waals surface area contributed by atoms with Crippen LogP contribution in [0.5, 0.6) is 0 Å². The van der Waals surface area contributed by atoms with Gasteiger partial charge in [0.1, 0.15) is 6.54 Å². The zero-order valence-electron chi connectivity index (χ0n) is 13.8. The van der Waals surface area contributed by atoms with E-state index in [1.54, 1.807) is 30.3 Å². The van der Waals surface area contributed by atoms with Crippen LogP contribution in [0.4, 0.5) is 13.2 Å². The van der Waals surface area contributed by atoms with Gasteiger partial charge in [-0.1, -0.05) is 35.9 Å². The largest absolute Gasteiger partial charge is 0.438 e. The van der Waals surface area contributed by atoms with E-state index >= 15 is 0 Å². The highest BCUT2D eigenvalue weighted by molar-refractivity contribution is 6.30. The highest BCUT2D eigenvalue weighted by atomic mass is 35.5. The molecule has 140 valence electrons. The molecule has 1 heterocycles. The molecule has 9 heteroatoms. The highest BCUT2D eigenvalue weighted by Gasteiger charge is 2.37. The minimum absolute atomic E-state index is 0.0186. The van der Waals surface area contributed by atoms with Gasteiger partial charge in [-0.25, -0.2) is 4.98 Å². The summed E-state index contributed by atoms with van der Waals surface area (Å²) in [6.07, 6.45) is -4.91. The molecule has 0 unspecified atom stereocenters. The number of hydrogen-bond donors (Lipinski definition) is 1. The number of para-hydroxylation sites is 2. The molecule has 0 aliphatic rings. The Morgan fingerprint density at radius 3 is 2.44 bits per heavy atom. The fourth-order valence-electron chi connectivity index (χ4n) is 2.54. The predicted molar refractivity (Wildman–Crippen MR) is 94.3 cm³/mol. The fourth-order valence-corrected chi connectivity index (χ4v) is 2.66. The Morgan fingerprint density at radius 1 is 1.11 bits per heavy atom. The van der Waals surface area contributed by atoms with E-state index in [2.05, 4.69) is 10.3 Å². The van der Waals surface area contributed by atoms with Crippen molar-refractivity contribution in [2.45, 2.75) is 19.3 Å². The molecule has 1 amide bonds. The molecule has 2 aromatic carbocycles. The average Bonchev–Trinajstić information content (AvgIpc) is 2.62. The van der Waals surface area contributed by atoms with Gasteiger partial charge in [-0.15, -0.1) is 0 Å². The van der Waals surface area contributed by atoms with Crippen LogP contribution in [0.3, 0.4) is 0 Å². The number of nitrogens with zero attached hydrogens (tertiary/aromatic N) is 2. The maximum atomic E-state index is 13.1. The third-order valence-electron chi connectivity index (χ3n) is 3.83. The highest BCUT2D eigenvalue weighted by Crippen LogP contribution is 2.26. The fraction of sp³-hybridized carbons (Fsp3) is 0.167.